The molecule has 0 unspecified atom stereocenters. The Bertz CT molecular complexity index is 831. The van der Waals surface area contributed by atoms with Crippen LogP contribution >= 0.6 is 11.3 Å². The van der Waals surface area contributed by atoms with Crippen molar-refractivity contribution in [1.29, 1.82) is 0 Å². The van der Waals surface area contributed by atoms with E-state index in [9.17, 15) is 0 Å². The Morgan fingerprint density at radius 3 is 2.70 bits per heavy atom. The number of nitrogens with zero attached hydrogens (tertiary/aromatic N) is 2. The average Bonchev–Trinajstić information content (AvgIpc) is 3.00. The minimum atomic E-state index is 0.683. The molecule has 0 aliphatic carbocycles. The lowest BCUT2D eigenvalue weighted by atomic mass is 10.2. The van der Waals surface area contributed by atoms with Gasteiger partial charge in [-0.1, -0.05) is 47.8 Å². The Kier molecular flexibility index (Phi) is 3.82. The van der Waals surface area contributed by atoms with Gasteiger partial charge in [-0.2, -0.15) is 0 Å². The van der Waals surface area contributed by atoms with Crippen LogP contribution in [0.5, 0.6) is 10.9 Å². The molecule has 0 atom stereocenters. The Morgan fingerprint density at radius 2 is 1.91 bits per heavy atom. The zero-order chi connectivity index (χ0) is 15.5. The first-order valence-electron chi connectivity index (χ1n) is 7.56. The molecular formula is C19H16N2OS. The summed E-state index contributed by atoms with van der Waals surface area (Å²) in [6, 6.07) is 16.3. The van der Waals surface area contributed by atoms with E-state index < -0.39 is 0 Å². The molecule has 1 aliphatic rings. The van der Waals surface area contributed by atoms with E-state index in [0.29, 0.717) is 5.19 Å². The van der Waals surface area contributed by atoms with Crippen LogP contribution in [0.2, 0.25) is 0 Å². The number of ether oxygens (including phenoxy) is 1. The van der Waals surface area contributed by atoms with Crippen LogP contribution in [0.1, 0.15) is 5.56 Å². The van der Waals surface area contributed by atoms with Crippen LogP contribution in [0.3, 0.4) is 0 Å². The van der Waals surface area contributed by atoms with Gasteiger partial charge in [-0.3, -0.25) is 0 Å². The number of fused-ring (bicyclic) bond motifs is 1. The third-order valence-electron chi connectivity index (χ3n) is 3.67. The summed E-state index contributed by atoms with van der Waals surface area (Å²) in [6.07, 6.45) is 8.41. The summed E-state index contributed by atoms with van der Waals surface area (Å²) in [5.74, 6) is 0.821. The minimum absolute atomic E-state index is 0.683. The van der Waals surface area contributed by atoms with Crippen LogP contribution in [0, 0.1) is 0 Å². The average molecular weight is 320 g/mol. The molecule has 1 aromatic heterocycles. The highest BCUT2D eigenvalue weighted by molar-refractivity contribution is 7.20. The molecule has 0 radical (unpaired) electrons. The van der Waals surface area contributed by atoms with E-state index in [-0.39, 0.29) is 0 Å². The van der Waals surface area contributed by atoms with E-state index in [1.165, 1.54) is 5.56 Å². The number of benzene rings is 2. The molecule has 114 valence electrons. The second-order valence-electron chi connectivity index (χ2n) is 5.39. The van der Waals surface area contributed by atoms with E-state index in [0.717, 1.165) is 29.1 Å². The molecule has 0 fully saturated rings. The summed E-state index contributed by atoms with van der Waals surface area (Å²) in [7, 11) is 0. The van der Waals surface area contributed by atoms with Crippen molar-refractivity contribution < 1.29 is 4.74 Å². The second-order valence-corrected chi connectivity index (χ2v) is 6.39. The predicted molar refractivity (Wildman–Crippen MR) is 94.8 cm³/mol. The number of allylic oxidation sites excluding steroid dienone is 2. The molecule has 0 spiro atoms. The molecule has 4 rings (SSSR count). The second kappa shape index (κ2) is 6.26. The van der Waals surface area contributed by atoms with Crippen molar-refractivity contribution in [3.63, 3.8) is 0 Å². The summed E-state index contributed by atoms with van der Waals surface area (Å²) in [5, 5.41) is 0.683. The number of aromatic nitrogens is 1. The monoisotopic (exact) mass is 320 g/mol. The molecule has 23 heavy (non-hydrogen) atoms. The van der Waals surface area contributed by atoms with E-state index in [4.69, 9.17) is 4.74 Å². The van der Waals surface area contributed by atoms with Gasteiger partial charge in [0.15, 0.2) is 0 Å². The Labute approximate surface area is 139 Å². The molecule has 0 saturated carbocycles. The lowest BCUT2D eigenvalue weighted by Crippen LogP contribution is -2.17. The topological polar surface area (TPSA) is 25.4 Å². The summed E-state index contributed by atoms with van der Waals surface area (Å²) in [5.41, 5.74) is 2.25. The highest BCUT2D eigenvalue weighted by Gasteiger charge is 2.06. The molecule has 0 N–H and O–H groups in total. The standard InChI is InChI=1S/C19H16N2OS/c1-4-12-21(13-5-1)14-15-8-10-16(11-9-15)22-19-20-17-6-2-3-7-18(17)23-19/h1-12H,13-14H2. The highest BCUT2D eigenvalue weighted by Crippen LogP contribution is 2.31. The van der Waals surface area contributed by atoms with Crippen LogP contribution in [-0.2, 0) is 6.54 Å². The maximum absolute atomic E-state index is 5.88. The van der Waals surface area contributed by atoms with Gasteiger partial charge in [0.05, 0.1) is 10.2 Å². The molecule has 3 aromatic rings. The number of thiazole rings is 1. The SMILES string of the molecule is C1=CCN(Cc2ccc(Oc3nc4ccccc4s3)cc2)C=C1. The number of rotatable bonds is 4. The van der Waals surface area contributed by atoms with Crippen LogP contribution in [0.25, 0.3) is 10.2 Å². The molecule has 0 amide bonds. The third kappa shape index (κ3) is 3.27. The lowest BCUT2D eigenvalue weighted by molar-refractivity contribution is 0.405. The predicted octanol–water partition coefficient (Wildman–Crippen LogP) is 4.97. The number of hydrogen-bond donors (Lipinski definition) is 0. The maximum atomic E-state index is 5.88. The van der Waals surface area contributed by atoms with Gasteiger partial charge >= 0.3 is 0 Å². The van der Waals surface area contributed by atoms with E-state index >= 15 is 0 Å². The van der Waals surface area contributed by atoms with Crippen LogP contribution in [-0.4, -0.2) is 16.4 Å². The smallest absolute Gasteiger partial charge is 0.279 e. The largest absolute Gasteiger partial charge is 0.431 e. The van der Waals surface area contributed by atoms with E-state index in [1.807, 2.05) is 30.3 Å². The molecule has 2 aromatic carbocycles. The van der Waals surface area contributed by atoms with E-state index in [2.05, 4.69) is 52.5 Å². The van der Waals surface area contributed by atoms with Crippen molar-refractivity contribution in [3.8, 4) is 10.9 Å². The van der Waals surface area contributed by atoms with Gasteiger partial charge in [-0.25, -0.2) is 4.98 Å². The van der Waals surface area contributed by atoms with Crippen LogP contribution in [0.4, 0.5) is 0 Å². The fourth-order valence-corrected chi connectivity index (χ4v) is 3.35. The zero-order valence-corrected chi connectivity index (χ0v) is 13.4. The summed E-state index contributed by atoms with van der Waals surface area (Å²) in [6.45, 7) is 1.86. The first-order chi connectivity index (χ1) is 11.4. The van der Waals surface area contributed by atoms with Crippen molar-refractivity contribution in [3.05, 3.63) is 78.5 Å². The van der Waals surface area contributed by atoms with Gasteiger partial charge in [0.2, 0.25) is 0 Å². The van der Waals surface area contributed by atoms with Gasteiger partial charge in [0, 0.05) is 13.1 Å². The first-order valence-corrected chi connectivity index (χ1v) is 8.38. The fraction of sp³-hybridized carbons (Fsp3) is 0.105. The van der Waals surface area contributed by atoms with Crippen LogP contribution in [0.15, 0.2) is 73.0 Å². The molecule has 1 aliphatic heterocycles. The highest BCUT2D eigenvalue weighted by atomic mass is 32.1. The lowest BCUT2D eigenvalue weighted by Gasteiger charge is -2.20. The summed E-state index contributed by atoms with van der Waals surface area (Å²) in [4.78, 5) is 6.76. The van der Waals surface area contributed by atoms with Crippen LogP contribution < -0.4 is 4.74 Å². The number of para-hydroxylation sites is 1. The summed E-state index contributed by atoms with van der Waals surface area (Å²) < 4.78 is 7.02. The molecule has 4 heteroatoms. The van der Waals surface area contributed by atoms with Crippen molar-refractivity contribution >= 4 is 21.6 Å². The van der Waals surface area contributed by atoms with Crippen molar-refractivity contribution in [2.75, 3.05) is 6.54 Å². The Morgan fingerprint density at radius 1 is 1.04 bits per heavy atom. The Balaban J connectivity index is 1.45. The van der Waals surface area contributed by atoms with Gasteiger partial charge in [0.25, 0.3) is 5.19 Å². The van der Waals surface area contributed by atoms with Gasteiger partial charge in [0.1, 0.15) is 5.75 Å². The third-order valence-corrected chi connectivity index (χ3v) is 4.59. The molecule has 2 heterocycles. The first kappa shape index (κ1) is 14.0. The molecule has 0 saturated heterocycles. The number of hydrogen-bond acceptors (Lipinski definition) is 4. The maximum Gasteiger partial charge on any atom is 0.279 e. The molecule has 0 bridgehead atoms. The van der Waals surface area contributed by atoms with Gasteiger partial charge < -0.3 is 9.64 Å². The fourth-order valence-electron chi connectivity index (χ4n) is 2.52. The molecular weight excluding hydrogens is 304 g/mol. The van der Waals surface area contributed by atoms with Gasteiger partial charge in [-0.05, 0) is 42.1 Å². The van der Waals surface area contributed by atoms with Crippen molar-refractivity contribution in [1.82, 2.24) is 9.88 Å². The van der Waals surface area contributed by atoms with E-state index in [1.54, 1.807) is 11.3 Å². The summed E-state index contributed by atoms with van der Waals surface area (Å²) >= 11 is 1.57. The van der Waals surface area contributed by atoms with Crippen molar-refractivity contribution in [2.24, 2.45) is 0 Å². The zero-order valence-electron chi connectivity index (χ0n) is 12.6. The van der Waals surface area contributed by atoms with Gasteiger partial charge in [-0.15, -0.1) is 0 Å². The minimum Gasteiger partial charge on any atom is -0.431 e. The Hall–Kier alpha value is -2.59. The normalized spacial score (nSPS) is 13.7. The quantitative estimate of drug-likeness (QED) is 0.678. The van der Waals surface area contributed by atoms with Crippen molar-refractivity contribution in [2.45, 2.75) is 6.54 Å². The molecule has 3 nitrogen and oxygen atoms in total.